The predicted octanol–water partition coefficient (Wildman–Crippen LogP) is 2.86. The molecular formula is C14H27FN2. The Bertz CT molecular complexity index is 226. The first-order valence-corrected chi connectivity index (χ1v) is 7.32. The summed E-state index contributed by atoms with van der Waals surface area (Å²) in [6.07, 6.45) is 11.0. The molecule has 3 heteroatoms. The summed E-state index contributed by atoms with van der Waals surface area (Å²) in [5.41, 5.74) is 5.55. The highest BCUT2D eigenvalue weighted by molar-refractivity contribution is 4.89. The van der Waals surface area contributed by atoms with Crippen LogP contribution < -0.4 is 5.73 Å². The van der Waals surface area contributed by atoms with Gasteiger partial charge in [-0.2, -0.15) is 0 Å². The van der Waals surface area contributed by atoms with Crippen molar-refractivity contribution < 1.29 is 4.39 Å². The fourth-order valence-corrected chi connectivity index (χ4v) is 3.36. The Morgan fingerprint density at radius 3 is 2.35 bits per heavy atom. The quantitative estimate of drug-likeness (QED) is 0.754. The van der Waals surface area contributed by atoms with Crippen LogP contribution in [-0.2, 0) is 0 Å². The first-order chi connectivity index (χ1) is 8.23. The van der Waals surface area contributed by atoms with Crippen LogP contribution in [0.2, 0.25) is 0 Å². The molecule has 0 bridgehead atoms. The molecule has 2 nitrogen and oxygen atoms in total. The smallest absolute Gasteiger partial charge is 0.107 e. The van der Waals surface area contributed by atoms with Crippen molar-refractivity contribution in [1.82, 2.24) is 4.90 Å². The predicted molar refractivity (Wildman–Crippen MR) is 69.8 cm³/mol. The zero-order valence-corrected chi connectivity index (χ0v) is 11.0. The third kappa shape index (κ3) is 3.65. The first-order valence-electron chi connectivity index (χ1n) is 7.32. The largest absolute Gasteiger partial charge is 0.323 e. The lowest BCUT2D eigenvalue weighted by atomic mass is 9.94. The van der Waals surface area contributed by atoms with Gasteiger partial charge in [0.25, 0.3) is 0 Å². The Morgan fingerprint density at radius 1 is 1.00 bits per heavy atom. The molecule has 0 spiro atoms. The summed E-state index contributed by atoms with van der Waals surface area (Å²) in [7, 11) is 0. The summed E-state index contributed by atoms with van der Waals surface area (Å²) < 4.78 is 12.9. The van der Waals surface area contributed by atoms with Crippen LogP contribution in [0.5, 0.6) is 0 Å². The van der Waals surface area contributed by atoms with Gasteiger partial charge < -0.3 is 10.6 Å². The number of nitrogens with zero attached hydrogens (tertiary/aromatic N) is 1. The molecule has 0 aromatic carbocycles. The summed E-state index contributed by atoms with van der Waals surface area (Å²) in [6, 6.07) is 0.750. The molecule has 0 aromatic heterocycles. The van der Waals surface area contributed by atoms with E-state index in [1.807, 2.05) is 0 Å². The third-order valence-corrected chi connectivity index (χ3v) is 4.62. The van der Waals surface area contributed by atoms with Crippen LogP contribution in [0.3, 0.4) is 0 Å². The number of hydrogen-bond donors (Lipinski definition) is 1. The van der Waals surface area contributed by atoms with E-state index in [4.69, 9.17) is 5.73 Å². The minimum absolute atomic E-state index is 0.356. The van der Waals surface area contributed by atoms with E-state index in [0.29, 0.717) is 0 Å². The molecule has 2 aliphatic rings. The van der Waals surface area contributed by atoms with E-state index < -0.39 is 5.54 Å². The molecule has 1 saturated heterocycles. The maximum atomic E-state index is 12.9. The van der Waals surface area contributed by atoms with Crippen molar-refractivity contribution in [2.45, 2.75) is 69.4 Å². The lowest BCUT2D eigenvalue weighted by Gasteiger charge is -2.30. The second-order valence-corrected chi connectivity index (χ2v) is 6.03. The van der Waals surface area contributed by atoms with E-state index in [1.165, 1.54) is 38.5 Å². The molecule has 2 fully saturated rings. The van der Waals surface area contributed by atoms with Gasteiger partial charge in [0.15, 0.2) is 0 Å². The number of alkyl halides is 1. The fraction of sp³-hybridized carbons (Fsp3) is 1.00. The Hall–Kier alpha value is -0.150. The van der Waals surface area contributed by atoms with Crippen LogP contribution in [0.15, 0.2) is 0 Å². The molecule has 1 heterocycles. The van der Waals surface area contributed by atoms with Gasteiger partial charge >= 0.3 is 0 Å². The van der Waals surface area contributed by atoms with Gasteiger partial charge in [0.1, 0.15) is 6.67 Å². The topological polar surface area (TPSA) is 29.3 Å². The second-order valence-electron chi connectivity index (χ2n) is 6.03. The molecule has 1 aliphatic carbocycles. The highest BCUT2D eigenvalue weighted by atomic mass is 19.1. The highest BCUT2D eigenvalue weighted by Crippen LogP contribution is 2.27. The lowest BCUT2D eigenvalue weighted by molar-refractivity contribution is 0.178. The number of hydrogen-bond acceptors (Lipinski definition) is 2. The minimum atomic E-state index is -0.528. The molecule has 0 radical (unpaired) electrons. The van der Waals surface area contributed by atoms with Crippen LogP contribution in [0.1, 0.15) is 57.8 Å². The summed E-state index contributed by atoms with van der Waals surface area (Å²) in [5, 5.41) is 0. The van der Waals surface area contributed by atoms with Crippen LogP contribution in [0, 0.1) is 0 Å². The van der Waals surface area contributed by atoms with Crippen LogP contribution in [0.25, 0.3) is 0 Å². The van der Waals surface area contributed by atoms with E-state index >= 15 is 0 Å². The maximum absolute atomic E-state index is 12.9. The highest BCUT2D eigenvalue weighted by Gasteiger charge is 2.30. The molecule has 1 unspecified atom stereocenters. The van der Waals surface area contributed by atoms with Crippen molar-refractivity contribution in [3.63, 3.8) is 0 Å². The molecular weight excluding hydrogens is 215 g/mol. The third-order valence-electron chi connectivity index (χ3n) is 4.62. The van der Waals surface area contributed by atoms with Gasteiger partial charge in [-0.25, -0.2) is 4.39 Å². The standard InChI is InChI=1S/C14H27FN2/c15-12-14(16)8-5-10-17(11-9-14)13-6-3-1-2-4-7-13/h13H,1-12,16H2. The normalized spacial score (nSPS) is 34.2. The van der Waals surface area contributed by atoms with Crippen molar-refractivity contribution in [2.24, 2.45) is 5.73 Å². The summed E-state index contributed by atoms with van der Waals surface area (Å²) >= 11 is 0. The molecule has 1 saturated carbocycles. The SMILES string of the molecule is NC1(CF)CCCN(C2CCCCCC2)CC1. The Labute approximate surface area is 105 Å². The summed E-state index contributed by atoms with van der Waals surface area (Å²) in [6.45, 7) is 1.78. The van der Waals surface area contributed by atoms with Crippen molar-refractivity contribution in [3.8, 4) is 0 Å². The van der Waals surface area contributed by atoms with Crippen molar-refractivity contribution >= 4 is 0 Å². The average molecular weight is 242 g/mol. The maximum Gasteiger partial charge on any atom is 0.107 e. The van der Waals surface area contributed by atoms with E-state index in [0.717, 1.165) is 38.4 Å². The van der Waals surface area contributed by atoms with E-state index in [1.54, 1.807) is 0 Å². The number of likely N-dealkylation sites (tertiary alicyclic amines) is 1. The van der Waals surface area contributed by atoms with Gasteiger partial charge in [-0.05, 0) is 38.6 Å². The van der Waals surface area contributed by atoms with Gasteiger partial charge in [-0.1, -0.05) is 25.7 Å². The van der Waals surface area contributed by atoms with E-state index in [9.17, 15) is 4.39 Å². The van der Waals surface area contributed by atoms with Gasteiger partial charge in [-0.15, -0.1) is 0 Å². The zero-order chi connectivity index (χ0) is 12.1. The molecule has 1 atom stereocenters. The average Bonchev–Trinajstić information content (AvgIpc) is 2.70. The number of halogens is 1. The van der Waals surface area contributed by atoms with Crippen LogP contribution >= 0.6 is 0 Å². The molecule has 2 N–H and O–H groups in total. The van der Waals surface area contributed by atoms with Crippen LogP contribution in [-0.4, -0.2) is 36.2 Å². The summed E-state index contributed by atoms with van der Waals surface area (Å²) in [4.78, 5) is 2.59. The number of nitrogens with two attached hydrogens (primary N) is 1. The van der Waals surface area contributed by atoms with Crippen molar-refractivity contribution in [1.29, 1.82) is 0 Å². The molecule has 2 rings (SSSR count). The number of rotatable bonds is 2. The summed E-state index contributed by atoms with van der Waals surface area (Å²) in [5.74, 6) is 0. The van der Waals surface area contributed by atoms with Gasteiger partial charge in [0, 0.05) is 18.1 Å². The fourth-order valence-electron chi connectivity index (χ4n) is 3.36. The van der Waals surface area contributed by atoms with Crippen molar-refractivity contribution in [3.05, 3.63) is 0 Å². The van der Waals surface area contributed by atoms with E-state index in [-0.39, 0.29) is 6.67 Å². The zero-order valence-electron chi connectivity index (χ0n) is 11.0. The molecule has 0 aromatic rings. The molecule has 100 valence electrons. The van der Waals surface area contributed by atoms with Gasteiger partial charge in [0.2, 0.25) is 0 Å². The van der Waals surface area contributed by atoms with Crippen LogP contribution in [0.4, 0.5) is 4.39 Å². The van der Waals surface area contributed by atoms with Gasteiger partial charge in [-0.3, -0.25) is 0 Å². The molecule has 17 heavy (non-hydrogen) atoms. The second kappa shape index (κ2) is 6.14. The Balaban J connectivity index is 1.88. The Morgan fingerprint density at radius 2 is 1.71 bits per heavy atom. The van der Waals surface area contributed by atoms with Gasteiger partial charge in [0.05, 0.1) is 0 Å². The first kappa shape index (κ1) is 13.3. The minimum Gasteiger partial charge on any atom is -0.323 e. The Kier molecular flexibility index (Phi) is 4.80. The van der Waals surface area contributed by atoms with Crippen molar-refractivity contribution in [2.75, 3.05) is 19.8 Å². The van der Waals surface area contributed by atoms with E-state index in [2.05, 4.69) is 4.90 Å². The lowest BCUT2D eigenvalue weighted by Crippen LogP contribution is -2.43. The molecule has 1 aliphatic heterocycles. The molecule has 0 amide bonds. The monoisotopic (exact) mass is 242 g/mol.